The smallest absolute Gasteiger partial charge is 0.316 e. The molecule has 0 radical (unpaired) electrons. The molecule has 18 heavy (non-hydrogen) atoms. The van der Waals surface area contributed by atoms with Crippen LogP contribution < -0.4 is 4.74 Å². The van der Waals surface area contributed by atoms with E-state index in [1.165, 1.54) is 36.0 Å². The van der Waals surface area contributed by atoms with Crippen molar-refractivity contribution in [2.45, 2.75) is 25.7 Å². The minimum absolute atomic E-state index is 0.420. The van der Waals surface area contributed by atoms with Crippen LogP contribution in [0.4, 0.5) is 0 Å². The number of fused-ring (bicyclic) bond motifs is 1. The minimum Gasteiger partial charge on any atom is -0.467 e. The molecule has 0 amide bonds. The first-order chi connectivity index (χ1) is 8.88. The Morgan fingerprint density at radius 1 is 1.06 bits per heavy atom. The zero-order valence-electron chi connectivity index (χ0n) is 10.5. The molecule has 3 nitrogen and oxygen atoms in total. The van der Waals surface area contributed by atoms with Crippen molar-refractivity contribution in [1.29, 1.82) is 0 Å². The average Bonchev–Trinajstić information content (AvgIpc) is 2.47. The van der Waals surface area contributed by atoms with Crippen LogP contribution in [-0.4, -0.2) is 17.1 Å². The van der Waals surface area contributed by atoms with Gasteiger partial charge in [-0.05, 0) is 42.4 Å². The molecular formula is C15H16N2O. The van der Waals surface area contributed by atoms with Crippen molar-refractivity contribution in [2.24, 2.45) is 0 Å². The highest BCUT2D eigenvalue weighted by Gasteiger charge is 2.14. The van der Waals surface area contributed by atoms with Crippen molar-refractivity contribution in [3.8, 4) is 17.1 Å². The van der Waals surface area contributed by atoms with Gasteiger partial charge in [0, 0.05) is 18.0 Å². The highest BCUT2D eigenvalue weighted by molar-refractivity contribution is 5.67. The lowest BCUT2D eigenvalue weighted by molar-refractivity contribution is 0.380. The third kappa shape index (κ3) is 1.96. The maximum atomic E-state index is 5.00. The fourth-order valence-corrected chi connectivity index (χ4v) is 2.61. The SMILES string of the molecule is COc1ncc(-c2cccc3c2CCCC3)cn1. The summed E-state index contributed by atoms with van der Waals surface area (Å²) in [6.07, 6.45) is 8.63. The second-order valence-electron chi connectivity index (χ2n) is 4.61. The second-order valence-corrected chi connectivity index (χ2v) is 4.61. The number of nitrogens with zero attached hydrogens (tertiary/aromatic N) is 2. The van der Waals surface area contributed by atoms with E-state index in [0.717, 1.165) is 12.0 Å². The Hall–Kier alpha value is -1.90. The molecular weight excluding hydrogens is 224 g/mol. The molecule has 0 atom stereocenters. The van der Waals surface area contributed by atoms with Gasteiger partial charge in [0.05, 0.1) is 7.11 Å². The molecule has 1 aliphatic carbocycles. The molecule has 0 N–H and O–H groups in total. The number of benzene rings is 1. The summed E-state index contributed by atoms with van der Waals surface area (Å²) in [5.41, 5.74) is 5.30. The number of hydrogen-bond acceptors (Lipinski definition) is 3. The fraction of sp³-hybridized carbons (Fsp3) is 0.333. The number of aromatic nitrogens is 2. The molecule has 0 saturated heterocycles. The quantitative estimate of drug-likeness (QED) is 0.809. The van der Waals surface area contributed by atoms with Crippen LogP contribution in [0.3, 0.4) is 0 Å². The van der Waals surface area contributed by atoms with Gasteiger partial charge in [-0.15, -0.1) is 0 Å². The molecule has 92 valence electrons. The Labute approximate surface area is 107 Å². The number of ether oxygens (including phenoxy) is 1. The summed E-state index contributed by atoms with van der Waals surface area (Å²) < 4.78 is 5.00. The molecule has 3 heteroatoms. The molecule has 0 fully saturated rings. The van der Waals surface area contributed by atoms with Crippen molar-refractivity contribution in [3.63, 3.8) is 0 Å². The molecule has 2 aromatic rings. The molecule has 0 unspecified atom stereocenters. The molecule has 3 rings (SSSR count). The molecule has 1 aromatic carbocycles. The van der Waals surface area contributed by atoms with Crippen LogP contribution in [0, 0.1) is 0 Å². The Morgan fingerprint density at radius 2 is 1.83 bits per heavy atom. The van der Waals surface area contributed by atoms with Gasteiger partial charge in [-0.2, -0.15) is 0 Å². The largest absolute Gasteiger partial charge is 0.467 e. The van der Waals surface area contributed by atoms with E-state index in [4.69, 9.17) is 4.74 Å². The first-order valence-electron chi connectivity index (χ1n) is 6.35. The average molecular weight is 240 g/mol. The van der Waals surface area contributed by atoms with Crippen LogP contribution in [0.15, 0.2) is 30.6 Å². The van der Waals surface area contributed by atoms with E-state index < -0.39 is 0 Å². The summed E-state index contributed by atoms with van der Waals surface area (Å²) in [6, 6.07) is 6.95. The maximum absolute atomic E-state index is 5.00. The van der Waals surface area contributed by atoms with Crippen molar-refractivity contribution >= 4 is 0 Å². The van der Waals surface area contributed by atoms with Gasteiger partial charge in [0.25, 0.3) is 0 Å². The van der Waals surface area contributed by atoms with E-state index in [0.29, 0.717) is 6.01 Å². The number of rotatable bonds is 2. The summed E-state index contributed by atoms with van der Waals surface area (Å²) in [5.74, 6) is 0. The van der Waals surface area contributed by atoms with Gasteiger partial charge >= 0.3 is 6.01 Å². The minimum atomic E-state index is 0.420. The first-order valence-corrected chi connectivity index (χ1v) is 6.35. The fourth-order valence-electron chi connectivity index (χ4n) is 2.61. The Morgan fingerprint density at radius 3 is 2.61 bits per heavy atom. The topological polar surface area (TPSA) is 35.0 Å². The highest BCUT2D eigenvalue weighted by Crippen LogP contribution is 2.31. The molecule has 1 aromatic heterocycles. The highest BCUT2D eigenvalue weighted by atomic mass is 16.5. The monoisotopic (exact) mass is 240 g/mol. The lowest BCUT2D eigenvalue weighted by Gasteiger charge is -2.19. The summed E-state index contributed by atoms with van der Waals surface area (Å²) in [7, 11) is 1.58. The molecule has 1 aliphatic rings. The molecule has 0 bridgehead atoms. The van der Waals surface area contributed by atoms with Crippen LogP contribution in [0.2, 0.25) is 0 Å². The maximum Gasteiger partial charge on any atom is 0.316 e. The van der Waals surface area contributed by atoms with Crippen molar-refractivity contribution in [1.82, 2.24) is 9.97 Å². The zero-order chi connectivity index (χ0) is 12.4. The van der Waals surface area contributed by atoms with Crippen molar-refractivity contribution in [2.75, 3.05) is 7.11 Å². The van der Waals surface area contributed by atoms with Gasteiger partial charge < -0.3 is 4.74 Å². The summed E-state index contributed by atoms with van der Waals surface area (Å²) >= 11 is 0. The summed E-state index contributed by atoms with van der Waals surface area (Å²) in [6.45, 7) is 0. The van der Waals surface area contributed by atoms with Crippen LogP contribution >= 0.6 is 0 Å². The Balaban J connectivity index is 2.05. The summed E-state index contributed by atoms with van der Waals surface area (Å²) in [5, 5.41) is 0. The van der Waals surface area contributed by atoms with E-state index in [1.54, 1.807) is 7.11 Å². The predicted molar refractivity (Wildman–Crippen MR) is 70.7 cm³/mol. The third-order valence-electron chi connectivity index (χ3n) is 3.52. The molecule has 0 aliphatic heterocycles. The van der Waals surface area contributed by atoms with Gasteiger partial charge in [0.2, 0.25) is 0 Å². The van der Waals surface area contributed by atoms with E-state index >= 15 is 0 Å². The van der Waals surface area contributed by atoms with E-state index in [2.05, 4.69) is 28.2 Å². The second kappa shape index (κ2) is 4.77. The van der Waals surface area contributed by atoms with Crippen LogP contribution in [0.1, 0.15) is 24.0 Å². The summed E-state index contributed by atoms with van der Waals surface area (Å²) in [4.78, 5) is 8.38. The Kier molecular flexibility index (Phi) is 2.97. The van der Waals surface area contributed by atoms with Crippen LogP contribution in [0.5, 0.6) is 6.01 Å². The van der Waals surface area contributed by atoms with Crippen LogP contribution in [0.25, 0.3) is 11.1 Å². The standard InChI is InChI=1S/C15H16N2O/c1-18-15-16-9-12(10-17-15)14-8-4-6-11-5-2-3-7-13(11)14/h4,6,8-10H,2-3,5,7H2,1H3. The molecule has 0 saturated carbocycles. The van der Waals surface area contributed by atoms with Crippen LogP contribution in [-0.2, 0) is 12.8 Å². The number of aryl methyl sites for hydroxylation is 1. The first kappa shape index (κ1) is 11.2. The normalized spacial score (nSPS) is 14.1. The number of hydrogen-bond donors (Lipinski definition) is 0. The van der Waals surface area contributed by atoms with Gasteiger partial charge in [0.15, 0.2) is 0 Å². The van der Waals surface area contributed by atoms with Gasteiger partial charge in [0.1, 0.15) is 0 Å². The van der Waals surface area contributed by atoms with Crippen molar-refractivity contribution < 1.29 is 4.74 Å². The van der Waals surface area contributed by atoms with E-state index in [1.807, 2.05) is 12.4 Å². The lowest BCUT2D eigenvalue weighted by atomic mass is 9.86. The third-order valence-corrected chi connectivity index (χ3v) is 3.52. The van der Waals surface area contributed by atoms with Gasteiger partial charge in [-0.1, -0.05) is 18.2 Å². The molecule has 0 spiro atoms. The van der Waals surface area contributed by atoms with E-state index in [-0.39, 0.29) is 0 Å². The van der Waals surface area contributed by atoms with Gasteiger partial charge in [-0.3, -0.25) is 0 Å². The van der Waals surface area contributed by atoms with Gasteiger partial charge in [-0.25, -0.2) is 9.97 Å². The predicted octanol–water partition coefficient (Wildman–Crippen LogP) is 3.03. The Bertz CT molecular complexity index is 549. The molecule has 1 heterocycles. The van der Waals surface area contributed by atoms with E-state index in [9.17, 15) is 0 Å². The number of methoxy groups -OCH3 is 1. The van der Waals surface area contributed by atoms with Crippen molar-refractivity contribution in [3.05, 3.63) is 41.7 Å². The lowest BCUT2D eigenvalue weighted by Crippen LogP contribution is -2.04. The zero-order valence-corrected chi connectivity index (χ0v) is 10.5.